The van der Waals surface area contributed by atoms with Crippen LogP contribution in [0.3, 0.4) is 0 Å². The van der Waals surface area contributed by atoms with Gasteiger partial charge in [0.1, 0.15) is 5.52 Å². The molecule has 0 bridgehead atoms. The quantitative estimate of drug-likeness (QED) is 0.706. The molecule has 80 valence electrons. The Kier molecular flexibility index (Phi) is 1.99. The molecular weight excluding hydrogens is 192 g/mol. The van der Waals surface area contributed by atoms with Gasteiger partial charge in [-0.25, -0.2) is 4.98 Å². The maximum atomic E-state index is 7.84. The largest absolute Gasteiger partial charge is 0.348 e. The zero-order valence-electron chi connectivity index (χ0n) is 9.31. The van der Waals surface area contributed by atoms with E-state index >= 15 is 0 Å². The SMILES string of the molecule is CN(C)c1nc(=N)c2c(ncn2C)n1C. The van der Waals surface area contributed by atoms with Crippen molar-refractivity contribution >= 4 is 17.1 Å². The van der Waals surface area contributed by atoms with Crippen LogP contribution in [0.25, 0.3) is 11.2 Å². The maximum absolute atomic E-state index is 7.84. The minimum atomic E-state index is 0.256. The van der Waals surface area contributed by atoms with Crippen molar-refractivity contribution in [1.29, 1.82) is 5.41 Å². The second-order valence-corrected chi connectivity index (χ2v) is 3.74. The van der Waals surface area contributed by atoms with Gasteiger partial charge in [0.05, 0.1) is 6.33 Å². The van der Waals surface area contributed by atoms with Crippen molar-refractivity contribution in [3.8, 4) is 0 Å². The van der Waals surface area contributed by atoms with Crippen LogP contribution in [-0.2, 0) is 14.1 Å². The highest BCUT2D eigenvalue weighted by molar-refractivity contribution is 5.71. The summed E-state index contributed by atoms with van der Waals surface area (Å²) in [6.07, 6.45) is 1.70. The van der Waals surface area contributed by atoms with E-state index in [1.165, 1.54) is 0 Å². The first-order chi connectivity index (χ1) is 7.02. The molecule has 0 radical (unpaired) electrons. The number of aryl methyl sites for hydroxylation is 2. The number of imidazole rings is 1. The van der Waals surface area contributed by atoms with Crippen molar-refractivity contribution in [2.45, 2.75) is 0 Å². The lowest BCUT2D eigenvalue weighted by Crippen LogP contribution is -2.23. The van der Waals surface area contributed by atoms with Gasteiger partial charge in [-0.2, -0.15) is 4.98 Å². The summed E-state index contributed by atoms with van der Waals surface area (Å²) in [5, 5.41) is 7.84. The molecule has 0 aliphatic heterocycles. The van der Waals surface area contributed by atoms with E-state index < -0.39 is 0 Å². The third-order valence-electron chi connectivity index (χ3n) is 2.37. The van der Waals surface area contributed by atoms with Crippen molar-refractivity contribution in [2.24, 2.45) is 14.1 Å². The molecule has 0 saturated carbocycles. The topological polar surface area (TPSA) is 62.7 Å². The average molecular weight is 206 g/mol. The van der Waals surface area contributed by atoms with Crippen molar-refractivity contribution in [1.82, 2.24) is 19.1 Å². The fourth-order valence-electron chi connectivity index (χ4n) is 1.66. The highest BCUT2D eigenvalue weighted by Crippen LogP contribution is 2.11. The number of nitrogens with zero attached hydrogens (tertiary/aromatic N) is 5. The molecule has 2 aromatic heterocycles. The van der Waals surface area contributed by atoms with Crippen LogP contribution in [-0.4, -0.2) is 33.2 Å². The van der Waals surface area contributed by atoms with Gasteiger partial charge < -0.3 is 9.47 Å². The third-order valence-corrected chi connectivity index (χ3v) is 2.37. The van der Waals surface area contributed by atoms with Gasteiger partial charge in [-0.3, -0.25) is 9.98 Å². The summed E-state index contributed by atoms with van der Waals surface area (Å²) in [7, 11) is 7.56. The van der Waals surface area contributed by atoms with E-state index in [4.69, 9.17) is 5.41 Å². The van der Waals surface area contributed by atoms with E-state index in [2.05, 4.69) is 9.97 Å². The van der Waals surface area contributed by atoms with Gasteiger partial charge in [-0.15, -0.1) is 0 Å². The predicted molar refractivity (Wildman–Crippen MR) is 57.7 cm³/mol. The summed E-state index contributed by atoms with van der Waals surface area (Å²) in [6.45, 7) is 0. The summed E-state index contributed by atoms with van der Waals surface area (Å²) in [4.78, 5) is 10.4. The van der Waals surface area contributed by atoms with Gasteiger partial charge in [-0.1, -0.05) is 0 Å². The molecule has 0 spiro atoms. The smallest absolute Gasteiger partial charge is 0.208 e. The highest BCUT2D eigenvalue weighted by atomic mass is 15.3. The summed E-state index contributed by atoms with van der Waals surface area (Å²) in [5.41, 5.74) is 1.79. The Bertz CT molecular complexity index is 562. The van der Waals surface area contributed by atoms with Crippen LogP contribution in [0.15, 0.2) is 6.33 Å². The molecule has 0 aromatic carbocycles. The van der Waals surface area contributed by atoms with Gasteiger partial charge in [0.25, 0.3) is 0 Å². The van der Waals surface area contributed by atoms with Crippen LogP contribution >= 0.6 is 0 Å². The molecule has 0 atom stereocenters. The Morgan fingerprint density at radius 2 is 2.00 bits per heavy atom. The van der Waals surface area contributed by atoms with Crippen molar-refractivity contribution < 1.29 is 0 Å². The summed E-state index contributed by atoms with van der Waals surface area (Å²) >= 11 is 0. The molecule has 1 N–H and O–H groups in total. The second kappa shape index (κ2) is 3.08. The number of anilines is 1. The molecule has 0 aliphatic rings. The lowest BCUT2D eigenvalue weighted by Gasteiger charge is -2.15. The Hall–Kier alpha value is -1.85. The van der Waals surface area contributed by atoms with E-state index in [0.717, 1.165) is 17.1 Å². The maximum Gasteiger partial charge on any atom is 0.208 e. The molecule has 0 unspecified atom stereocenters. The Morgan fingerprint density at radius 1 is 1.33 bits per heavy atom. The molecule has 0 aliphatic carbocycles. The van der Waals surface area contributed by atoms with Crippen molar-refractivity contribution in [2.75, 3.05) is 19.0 Å². The van der Waals surface area contributed by atoms with Crippen LogP contribution in [0, 0.1) is 5.41 Å². The van der Waals surface area contributed by atoms with Gasteiger partial charge in [0.15, 0.2) is 11.1 Å². The van der Waals surface area contributed by atoms with Gasteiger partial charge >= 0.3 is 0 Å². The molecule has 2 heterocycles. The van der Waals surface area contributed by atoms with Gasteiger partial charge in [-0.05, 0) is 0 Å². The molecule has 0 saturated heterocycles. The number of aromatic nitrogens is 4. The predicted octanol–water partition coefficient (Wildman–Crippen LogP) is -0.148. The fraction of sp³-hybridized carbons (Fsp3) is 0.444. The van der Waals surface area contributed by atoms with E-state index in [-0.39, 0.29) is 5.49 Å². The molecular formula is C9H14N6. The number of rotatable bonds is 1. The first-order valence-corrected chi connectivity index (χ1v) is 4.62. The Morgan fingerprint density at radius 3 is 2.60 bits per heavy atom. The van der Waals surface area contributed by atoms with Crippen LogP contribution in [0.4, 0.5) is 5.95 Å². The van der Waals surface area contributed by atoms with Crippen LogP contribution < -0.4 is 10.4 Å². The van der Waals surface area contributed by atoms with Crippen LogP contribution in [0.2, 0.25) is 0 Å². The Balaban J connectivity index is 2.92. The lowest BCUT2D eigenvalue weighted by atomic mass is 10.5. The van der Waals surface area contributed by atoms with Crippen molar-refractivity contribution in [3.05, 3.63) is 11.8 Å². The molecule has 0 fully saturated rings. The number of hydrogen-bond donors (Lipinski definition) is 1. The average Bonchev–Trinajstić information content (AvgIpc) is 2.54. The van der Waals surface area contributed by atoms with Gasteiger partial charge in [0, 0.05) is 28.2 Å². The summed E-state index contributed by atoms with van der Waals surface area (Å²) in [6, 6.07) is 0. The molecule has 2 rings (SSSR count). The third kappa shape index (κ3) is 1.29. The first kappa shape index (κ1) is 9.70. The molecule has 6 nitrogen and oxygen atoms in total. The minimum absolute atomic E-state index is 0.256. The number of nitrogens with one attached hydrogen (secondary N) is 1. The number of fused-ring (bicyclic) bond motifs is 1. The van der Waals surface area contributed by atoms with Crippen molar-refractivity contribution in [3.63, 3.8) is 0 Å². The fourth-order valence-corrected chi connectivity index (χ4v) is 1.66. The standard InChI is InChI=1S/C9H14N6/c1-13(2)9-12-7(10)6-8(15(9)4)11-5-14(6)3/h5,10H,1-4H3. The van der Waals surface area contributed by atoms with Crippen LogP contribution in [0.1, 0.15) is 0 Å². The summed E-state index contributed by atoms with van der Waals surface area (Å²) in [5.74, 6) is 0.728. The normalized spacial score (nSPS) is 10.9. The number of hydrogen-bond acceptors (Lipinski definition) is 4. The lowest BCUT2D eigenvalue weighted by molar-refractivity contribution is 0.829. The molecule has 15 heavy (non-hydrogen) atoms. The highest BCUT2D eigenvalue weighted by Gasteiger charge is 2.10. The monoisotopic (exact) mass is 206 g/mol. The Labute approximate surface area is 87.3 Å². The minimum Gasteiger partial charge on any atom is -0.348 e. The molecule has 2 aromatic rings. The molecule has 0 amide bonds. The molecule has 6 heteroatoms. The zero-order chi connectivity index (χ0) is 11.2. The van der Waals surface area contributed by atoms with Gasteiger partial charge in [0.2, 0.25) is 5.95 Å². The zero-order valence-corrected chi connectivity index (χ0v) is 9.31. The van der Waals surface area contributed by atoms with E-state index in [9.17, 15) is 0 Å². The van der Waals surface area contributed by atoms with Crippen LogP contribution in [0.5, 0.6) is 0 Å². The first-order valence-electron chi connectivity index (χ1n) is 4.62. The van der Waals surface area contributed by atoms with E-state index in [1.807, 2.05) is 42.2 Å². The second-order valence-electron chi connectivity index (χ2n) is 3.74. The van der Waals surface area contributed by atoms with E-state index in [1.54, 1.807) is 6.33 Å². The summed E-state index contributed by atoms with van der Waals surface area (Å²) < 4.78 is 3.69. The van der Waals surface area contributed by atoms with E-state index in [0.29, 0.717) is 0 Å².